The molecular formula is C16H20O4. The summed E-state index contributed by atoms with van der Waals surface area (Å²) in [6, 6.07) is 9.44. The molecule has 1 unspecified atom stereocenters. The summed E-state index contributed by atoms with van der Waals surface area (Å²) in [6.45, 7) is 6.18. The van der Waals surface area contributed by atoms with Gasteiger partial charge < -0.3 is 9.84 Å². The van der Waals surface area contributed by atoms with Gasteiger partial charge in [0.2, 0.25) is 0 Å². The van der Waals surface area contributed by atoms with Crippen molar-refractivity contribution in [2.45, 2.75) is 33.3 Å². The van der Waals surface area contributed by atoms with E-state index in [1.807, 2.05) is 30.3 Å². The van der Waals surface area contributed by atoms with Crippen molar-refractivity contribution in [1.29, 1.82) is 0 Å². The summed E-state index contributed by atoms with van der Waals surface area (Å²) >= 11 is 0. The number of aliphatic carboxylic acids is 1. The predicted octanol–water partition coefficient (Wildman–Crippen LogP) is 3.35. The molecule has 0 spiro atoms. The van der Waals surface area contributed by atoms with Crippen LogP contribution in [0.15, 0.2) is 42.5 Å². The molecule has 1 atom stereocenters. The average molecular weight is 276 g/mol. The van der Waals surface area contributed by atoms with E-state index in [-0.39, 0.29) is 11.5 Å². The van der Waals surface area contributed by atoms with E-state index in [1.165, 1.54) is 0 Å². The summed E-state index contributed by atoms with van der Waals surface area (Å²) in [4.78, 5) is 22.0. The van der Waals surface area contributed by atoms with Crippen LogP contribution in [0, 0.1) is 5.41 Å². The van der Waals surface area contributed by atoms with E-state index < -0.39 is 11.9 Å². The first-order valence-electron chi connectivity index (χ1n) is 6.44. The highest BCUT2D eigenvalue weighted by molar-refractivity contribution is 5.90. The first-order valence-corrected chi connectivity index (χ1v) is 6.44. The van der Waals surface area contributed by atoms with Crippen molar-refractivity contribution < 1.29 is 19.4 Å². The standard InChI is InChI=1S/C16H20O4/c1-16(2,3)11-13(12-7-5-4-6-8-12)20-15(19)10-9-14(17)18/h4-10,13H,11H2,1-3H3,(H,17,18)/b10-9+. The highest BCUT2D eigenvalue weighted by atomic mass is 16.5. The van der Waals surface area contributed by atoms with Gasteiger partial charge in [0.15, 0.2) is 0 Å². The first-order chi connectivity index (χ1) is 9.28. The maximum Gasteiger partial charge on any atom is 0.331 e. The van der Waals surface area contributed by atoms with Gasteiger partial charge >= 0.3 is 11.9 Å². The third-order valence-corrected chi connectivity index (χ3v) is 2.59. The van der Waals surface area contributed by atoms with E-state index in [0.29, 0.717) is 6.42 Å². The Morgan fingerprint density at radius 3 is 2.30 bits per heavy atom. The highest BCUT2D eigenvalue weighted by Crippen LogP contribution is 2.32. The Labute approximate surface area is 119 Å². The first kappa shape index (κ1) is 16.0. The fourth-order valence-corrected chi connectivity index (χ4v) is 1.77. The zero-order valence-corrected chi connectivity index (χ0v) is 12.0. The normalized spacial score (nSPS) is 13.2. The molecule has 0 fully saturated rings. The maximum absolute atomic E-state index is 11.6. The molecule has 0 bridgehead atoms. The number of carboxylic acids is 1. The molecule has 0 aliphatic heterocycles. The molecule has 108 valence electrons. The monoisotopic (exact) mass is 276 g/mol. The number of benzene rings is 1. The Bertz CT molecular complexity index is 483. The molecular weight excluding hydrogens is 256 g/mol. The Balaban J connectivity index is 2.84. The van der Waals surface area contributed by atoms with Crippen LogP contribution in [0.2, 0.25) is 0 Å². The summed E-state index contributed by atoms with van der Waals surface area (Å²) < 4.78 is 5.37. The van der Waals surface area contributed by atoms with E-state index in [2.05, 4.69) is 20.8 Å². The fraction of sp³-hybridized carbons (Fsp3) is 0.375. The molecule has 1 aromatic rings. The number of carbonyl (C=O) groups excluding carboxylic acids is 1. The summed E-state index contributed by atoms with van der Waals surface area (Å²) in [5.41, 5.74) is 0.886. The van der Waals surface area contributed by atoms with E-state index in [4.69, 9.17) is 9.84 Å². The van der Waals surface area contributed by atoms with Gasteiger partial charge in [-0.2, -0.15) is 0 Å². The molecule has 20 heavy (non-hydrogen) atoms. The van der Waals surface area contributed by atoms with E-state index in [0.717, 1.165) is 17.7 Å². The molecule has 1 rings (SSSR count). The van der Waals surface area contributed by atoms with Gasteiger partial charge in [-0.1, -0.05) is 51.1 Å². The van der Waals surface area contributed by atoms with Crippen LogP contribution in [0.5, 0.6) is 0 Å². The van der Waals surface area contributed by atoms with Crippen LogP contribution in [0.25, 0.3) is 0 Å². The van der Waals surface area contributed by atoms with Gasteiger partial charge in [-0.05, 0) is 17.4 Å². The van der Waals surface area contributed by atoms with Crippen molar-refractivity contribution >= 4 is 11.9 Å². The molecule has 0 saturated carbocycles. The lowest BCUT2D eigenvalue weighted by Gasteiger charge is -2.26. The lowest BCUT2D eigenvalue weighted by molar-refractivity contribution is -0.145. The Kier molecular flexibility index (Phi) is 5.50. The third kappa shape index (κ3) is 6.18. The smallest absolute Gasteiger partial charge is 0.331 e. The quantitative estimate of drug-likeness (QED) is 0.661. The Morgan fingerprint density at radius 1 is 1.20 bits per heavy atom. The van der Waals surface area contributed by atoms with Gasteiger partial charge in [0, 0.05) is 12.2 Å². The number of esters is 1. The van der Waals surface area contributed by atoms with Crippen LogP contribution in [-0.2, 0) is 14.3 Å². The van der Waals surface area contributed by atoms with Crippen LogP contribution in [0.3, 0.4) is 0 Å². The van der Waals surface area contributed by atoms with Gasteiger partial charge in [-0.15, -0.1) is 0 Å². The van der Waals surface area contributed by atoms with Crippen molar-refractivity contribution in [3.8, 4) is 0 Å². The minimum Gasteiger partial charge on any atom is -0.478 e. The van der Waals surface area contributed by atoms with E-state index >= 15 is 0 Å². The van der Waals surface area contributed by atoms with Gasteiger partial charge in [0.25, 0.3) is 0 Å². The average Bonchev–Trinajstić information content (AvgIpc) is 2.35. The summed E-state index contributed by atoms with van der Waals surface area (Å²) in [7, 11) is 0. The summed E-state index contributed by atoms with van der Waals surface area (Å²) in [5.74, 6) is -1.82. The minimum absolute atomic E-state index is 0.0166. The largest absolute Gasteiger partial charge is 0.478 e. The summed E-state index contributed by atoms with van der Waals surface area (Å²) in [6.07, 6.45) is 1.98. The van der Waals surface area contributed by atoms with Gasteiger partial charge in [0.05, 0.1) is 0 Å². The van der Waals surface area contributed by atoms with Gasteiger partial charge in [-0.25, -0.2) is 9.59 Å². The Morgan fingerprint density at radius 2 is 1.80 bits per heavy atom. The minimum atomic E-state index is -1.17. The predicted molar refractivity (Wildman–Crippen MR) is 76.1 cm³/mol. The van der Waals surface area contributed by atoms with Crippen LogP contribution in [0.4, 0.5) is 0 Å². The number of hydrogen-bond acceptors (Lipinski definition) is 3. The Hall–Kier alpha value is -2.10. The number of hydrogen-bond donors (Lipinski definition) is 1. The van der Waals surface area contributed by atoms with Crippen LogP contribution in [0.1, 0.15) is 38.9 Å². The van der Waals surface area contributed by atoms with Crippen molar-refractivity contribution in [3.05, 3.63) is 48.0 Å². The van der Waals surface area contributed by atoms with Crippen molar-refractivity contribution in [3.63, 3.8) is 0 Å². The highest BCUT2D eigenvalue weighted by Gasteiger charge is 2.23. The summed E-state index contributed by atoms with van der Waals surface area (Å²) in [5, 5.41) is 8.51. The van der Waals surface area contributed by atoms with E-state index in [1.54, 1.807) is 0 Å². The fourth-order valence-electron chi connectivity index (χ4n) is 1.77. The molecule has 4 nitrogen and oxygen atoms in total. The van der Waals surface area contributed by atoms with Crippen LogP contribution < -0.4 is 0 Å². The molecule has 0 aliphatic carbocycles. The number of carboxylic acid groups (broad SMARTS) is 1. The molecule has 0 radical (unpaired) electrons. The zero-order chi connectivity index (χ0) is 15.2. The number of ether oxygens (including phenoxy) is 1. The molecule has 0 amide bonds. The molecule has 0 saturated heterocycles. The zero-order valence-electron chi connectivity index (χ0n) is 12.0. The SMILES string of the molecule is CC(C)(C)CC(OC(=O)/C=C/C(=O)O)c1ccccc1. The molecule has 1 aromatic carbocycles. The lowest BCUT2D eigenvalue weighted by atomic mass is 9.87. The van der Waals surface area contributed by atoms with Gasteiger partial charge in [-0.3, -0.25) is 0 Å². The van der Waals surface area contributed by atoms with Gasteiger partial charge in [0.1, 0.15) is 6.10 Å². The van der Waals surface area contributed by atoms with Crippen molar-refractivity contribution in [2.75, 3.05) is 0 Å². The van der Waals surface area contributed by atoms with Crippen molar-refractivity contribution in [2.24, 2.45) is 5.41 Å². The third-order valence-electron chi connectivity index (χ3n) is 2.59. The molecule has 0 aliphatic rings. The molecule has 0 aromatic heterocycles. The molecule has 0 heterocycles. The number of carbonyl (C=O) groups is 2. The van der Waals surface area contributed by atoms with E-state index in [9.17, 15) is 9.59 Å². The number of rotatable bonds is 5. The van der Waals surface area contributed by atoms with Crippen LogP contribution >= 0.6 is 0 Å². The lowest BCUT2D eigenvalue weighted by Crippen LogP contribution is -2.17. The topological polar surface area (TPSA) is 63.6 Å². The van der Waals surface area contributed by atoms with Crippen LogP contribution in [-0.4, -0.2) is 17.0 Å². The second-order valence-corrected chi connectivity index (χ2v) is 5.77. The second-order valence-electron chi connectivity index (χ2n) is 5.77. The maximum atomic E-state index is 11.6. The van der Waals surface area contributed by atoms with Crippen molar-refractivity contribution in [1.82, 2.24) is 0 Å². The molecule has 4 heteroatoms. The second kappa shape index (κ2) is 6.89. The molecule has 1 N–H and O–H groups in total.